The maximum atomic E-state index is 11.9. The van der Waals surface area contributed by atoms with Crippen LogP contribution in [0.5, 0.6) is 0 Å². The minimum atomic E-state index is 0.0229. The summed E-state index contributed by atoms with van der Waals surface area (Å²) >= 11 is 11.0. The van der Waals surface area contributed by atoms with Gasteiger partial charge in [-0.05, 0) is 36.4 Å². The van der Waals surface area contributed by atoms with Crippen LogP contribution < -0.4 is 5.32 Å². The van der Waals surface area contributed by atoms with Crippen LogP contribution in [0.2, 0.25) is 5.02 Å². The molecule has 0 aliphatic heterocycles. The van der Waals surface area contributed by atoms with Gasteiger partial charge in [-0.1, -0.05) is 27.5 Å². The number of rotatable bonds is 6. The maximum Gasteiger partial charge on any atom is 0.221 e. The van der Waals surface area contributed by atoms with E-state index in [1.807, 2.05) is 40.9 Å². The molecule has 0 saturated heterocycles. The fourth-order valence-corrected chi connectivity index (χ4v) is 3.46. The molecule has 1 aromatic carbocycles. The second-order valence-electron chi connectivity index (χ2n) is 5.17. The van der Waals surface area contributed by atoms with Crippen molar-refractivity contribution in [2.24, 2.45) is 0 Å². The van der Waals surface area contributed by atoms with Crippen LogP contribution in [-0.4, -0.2) is 21.0 Å². The third-order valence-corrected chi connectivity index (χ3v) is 5.11. The smallest absolute Gasteiger partial charge is 0.221 e. The van der Waals surface area contributed by atoms with Crippen LogP contribution in [0.1, 0.15) is 12.1 Å². The SMILES string of the molecule is O=C(CCSc1ccc(Br)cc1)NCc1cn2cc(Cl)ccc2n1. The van der Waals surface area contributed by atoms with E-state index in [-0.39, 0.29) is 5.91 Å². The number of carbonyl (C=O) groups is 1. The fourth-order valence-electron chi connectivity index (χ4n) is 2.17. The summed E-state index contributed by atoms with van der Waals surface area (Å²) in [6.07, 6.45) is 4.14. The van der Waals surface area contributed by atoms with E-state index in [1.165, 1.54) is 0 Å². The molecule has 124 valence electrons. The summed E-state index contributed by atoms with van der Waals surface area (Å²) in [6.45, 7) is 0.418. The molecule has 0 unspecified atom stereocenters. The van der Waals surface area contributed by atoms with Gasteiger partial charge in [-0.2, -0.15) is 0 Å². The molecule has 2 aromatic heterocycles. The number of hydrogen-bond acceptors (Lipinski definition) is 3. The second kappa shape index (κ2) is 8.05. The first-order valence-electron chi connectivity index (χ1n) is 7.38. The van der Waals surface area contributed by atoms with Gasteiger partial charge in [0.15, 0.2) is 0 Å². The highest BCUT2D eigenvalue weighted by molar-refractivity contribution is 9.10. The lowest BCUT2D eigenvalue weighted by molar-refractivity contribution is -0.120. The summed E-state index contributed by atoms with van der Waals surface area (Å²) in [4.78, 5) is 17.5. The van der Waals surface area contributed by atoms with Crippen LogP contribution in [0.4, 0.5) is 0 Å². The lowest BCUT2D eigenvalue weighted by Crippen LogP contribution is -2.23. The van der Waals surface area contributed by atoms with Gasteiger partial charge in [0.25, 0.3) is 0 Å². The molecular weight excluding hydrogens is 410 g/mol. The van der Waals surface area contributed by atoms with Crippen molar-refractivity contribution in [3.8, 4) is 0 Å². The molecule has 0 aliphatic carbocycles. The molecule has 1 amide bonds. The van der Waals surface area contributed by atoms with Gasteiger partial charge in [-0.25, -0.2) is 4.98 Å². The molecule has 3 aromatic rings. The average molecular weight is 425 g/mol. The summed E-state index contributed by atoms with van der Waals surface area (Å²) in [5, 5.41) is 3.55. The normalized spacial score (nSPS) is 10.9. The van der Waals surface area contributed by atoms with Gasteiger partial charge in [0, 0.05) is 33.9 Å². The highest BCUT2D eigenvalue weighted by atomic mass is 79.9. The molecule has 0 radical (unpaired) electrons. The molecule has 0 fully saturated rings. The lowest BCUT2D eigenvalue weighted by Gasteiger charge is -2.04. The molecule has 1 N–H and O–H groups in total. The van der Waals surface area contributed by atoms with E-state index in [2.05, 4.69) is 26.2 Å². The summed E-state index contributed by atoms with van der Waals surface area (Å²) < 4.78 is 2.91. The monoisotopic (exact) mass is 423 g/mol. The Morgan fingerprint density at radius 3 is 2.79 bits per heavy atom. The van der Waals surface area contributed by atoms with Gasteiger partial charge in [0.1, 0.15) is 5.65 Å². The highest BCUT2D eigenvalue weighted by Crippen LogP contribution is 2.21. The van der Waals surface area contributed by atoms with Crippen molar-refractivity contribution in [2.45, 2.75) is 17.9 Å². The molecule has 0 aliphatic rings. The van der Waals surface area contributed by atoms with Crippen LogP contribution in [0, 0.1) is 0 Å². The van der Waals surface area contributed by atoms with Gasteiger partial charge in [0.2, 0.25) is 5.91 Å². The molecule has 2 heterocycles. The van der Waals surface area contributed by atoms with E-state index in [4.69, 9.17) is 11.6 Å². The summed E-state index contributed by atoms with van der Waals surface area (Å²) in [6, 6.07) is 11.7. The third-order valence-electron chi connectivity index (χ3n) is 3.34. The number of pyridine rings is 1. The zero-order valence-electron chi connectivity index (χ0n) is 12.7. The number of nitrogens with one attached hydrogen (secondary N) is 1. The van der Waals surface area contributed by atoms with Crippen molar-refractivity contribution in [2.75, 3.05) is 5.75 Å². The van der Waals surface area contributed by atoms with E-state index < -0.39 is 0 Å². The predicted octanol–water partition coefficient (Wildman–Crippen LogP) is 4.55. The van der Waals surface area contributed by atoms with E-state index >= 15 is 0 Å². The van der Waals surface area contributed by atoms with E-state index in [0.717, 1.165) is 26.5 Å². The number of nitrogens with zero attached hydrogens (tertiary/aromatic N) is 2. The summed E-state index contributed by atoms with van der Waals surface area (Å²) in [5.41, 5.74) is 1.63. The van der Waals surface area contributed by atoms with E-state index in [1.54, 1.807) is 24.0 Å². The topological polar surface area (TPSA) is 46.4 Å². The molecule has 0 spiro atoms. The standard InChI is InChI=1S/C17H15BrClN3OS/c18-12-1-4-15(5-2-12)24-8-7-17(23)20-9-14-11-22-10-13(19)3-6-16(22)21-14/h1-6,10-11H,7-9H2,(H,20,23). The number of fused-ring (bicyclic) bond motifs is 1. The number of hydrogen-bond donors (Lipinski definition) is 1. The van der Waals surface area contributed by atoms with Crippen molar-refractivity contribution in [1.82, 2.24) is 14.7 Å². The molecule has 4 nitrogen and oxygen atoms in total. The van der Waals surface area contributed by atoms with Crippen molar-refractivity contribution in [1.29, 1.82) is 0 Å². The predicted molar refractivity (Wildman–Crippen MR) is 102 cm³/mol. The third kappa shape index (κ3) is 4.75. The average Bonchev–Trinajstić information content (AvgIpc) is 2.97. The fraction of sp³-hybridized carbons (Fsp3) is 0.176. The van der Waals surface area contributed by atoms with Gasteiger partial charge in [0.05, 0.1) is 17.3 Å². The van der Waals surface area contributed by atoms with Crippen LogP contribution in [0.15, 0.2) is 58.2 Å². The number of imidazole rings is 1. The van der Waals surface area contributed by atoms with E-state index in [0.29, 0.717) is 18.0 Å². The minimum Gasteiger partial charge on any atom is -0.350 e. The van der Waals surface area contributed by atoms with Gasteiger partial charge in [-0.15, -0.1) is 11.8 Å². The number of thioether (sulfide) groups is 1. The van der Waals surface area contributed by atoms with Crippen molar-refractivity contribution in [3.05, 3.63) is 64.0 Å². The Morgan fingerprint density at radius 2 is 2.00 bits per heavy atom. The number of halogens is 2. The Hall–Kier alpha value is -1.50. The largest absolute Gasteiger partial charge is 0.350 e. The van der Waals surface area contributed by atoms with E-state index in [9.17, 15) is 4.79 Å². The van der Waals surface area contributed by atoms with Crippen LogP contribution in [-0.2, 0) is 11.3 Å². The Balaban J connectivity index is 1.45. The number of aromatic nitrogens is 2. The zero-order chi connectivity index (χ0) is 16.9. The van der Waals surface area contributed by atoms with Crippen LogP contribution in [0.25, 0.3) is 5.65 Å². The summed E-state index contributed by atoms with van der Waals surface area (Å²) in [5.74, 6) is 0.767. The minimum absolute atomic E-state index is 0.0229. The van der Waals surface area contributed by atoms with Gasteiger partial charge >= 0.3 is 0 Å². The number of amides is 1. The number of carbonyl (C=O) groups excluding carboxylic acids is 1. The quantitative estimate of drug-likeness (QED) is 0.591. The molecule has 3 rings (SSSR count). The van der Waals surface area contributed by atoms with Gasteiger partial charge in [-0.3, -0.25) is 4.79 Å². The lowest BCUT2D eigenvalue weighted by atomic mass is 10.4. The zero-order valence-corrected chi connectivity index (χ0v) is 15.9. The molecule has 0 atom stereocenters. The van der Waals surface area contributed by atoms with Crippen molar-refractivity contribution >= 4 is 50.8 Å². The highest BCUT2D eigenvalue weighted by Gasteiger charge is 2.05. The van der Waals surface area contributed by atoms with Crippen LogP contribution in [0.3, 0.4) is 0 Å². The first-order chi connectivity index (χ1) is 11.6. The number of benzene rings is 1. The first kappa shape index (κ1) is 17.3. The Labute approximate surface area is 157 Å². The van der Waals surface area contributed by atoms with Crippen molar-refractivity contribution in [3.63, 3.8) is 0 Å². The maximum absolute atomic E-state index is 11.9. The Kier molecular flexibility index (Phi) is 5.81. The Bertz CT molecular complexity index is 851. The van der Waals surface area contributed by atoms with Crippen LogP contribution >= 0.6 is 39.3 Å². The Morgan fingerprint density at radius 1 is 1.21 bits per heavy atom. The molecule has 0 saturated carbocycles. The molecular formula is C17H15BrClN3OS. The van der Waals surface area contributed by atoms with Crippen molar-refractivity contribution < 1.29 is 4.79 Å². The summed E-state index contributed by atoms with van der Waals surface area (Å²) in [7, 11) is 0. The molecule has 24 heavy (non-hydrogen) atoms. The first-order valence-corrected chi connectivity index (χ1v) is 9.54. The molecule has 0 bridgehead atoms. The molecule has 7 heteroatoms. The van der Waals surface area contributed by atoms with Gasteiger partial charge < -0.3 is 9.72 Å². The second-order valence-corrected chi connectivity index (χ2v) is 7.69.